The number of hydrogen-bond donors (Lipinski definition) is 2. The highest BCUT2D eigenvalue weighted by molar-refractivity contribution is 5.95. The predicted molar refractivity (Wildman–Crippen MR) is 73.0 cm³/mol. The Hall–Kier alpha value is -2.64. The van der Waals surface area contributed by atoms with Gasteiger partial charge in [0.2, 0.25) is 0 Å². The fourth-order valence-corrected chi connectivity index (χ4v) is 1.73. The number of nitrogens with zero attached hydrogens (tertiary/aromatic N) is 4. The standard InChI is InChI=1S/C12H16N6O2/c1-3-18-7-16-17-10(18)6-15-11-9(12(19)20-2)4-8(13)5-14-11/h4-5,7H,3,6,13H2,1-2H3,(H,14,15). The van der Waals surface area contributed by atoms with Crippen LogP contribution in [0.2, 0.25) is 0 Å². The van der Waals surface area contributed by atoms with Gasteiger partial charge < -0.3 is 20.4 Å². The van der Waals surface area contributed by atoms with E-state index in [1.165, 1.54) is 19.4 Å². The van der Waals surface area contributed by atoms with E-state index in [9.17, 15) is 4.79 Å². The van der Waals surface area contributed by atoms with Crippen LogP contribution in [0.15, 0.2) is 18.6 Å². The van der Waals surface area contributed by atoms with E-state index in [4.69, 9.17) is 10.5 Å². The minimum atomic E-state index is -0.496. The summed E-state index contributed by atoms with van der Waals surface area (Å²) in [7, 11) is 1.31. The van der Waals surface area contributed by atoms with E-state index in [0.29, 0.717) is 18.1 Å². The van der Waals surface area contributed by atoms with Crippen LogP contribution in [0, 0.1) is 0 Å². The Morgan fingerprint density at radius 3 is 3.05 bits per heavy atom. The van der Waals surface area contributed by atoms with E-state index in [2.05, 4.69) is 20.5 Å². The number of carbonyl (C=O) groups is 1. The Balaban J connectivity index is 2.19. The molecule has 0 spiro atoms. The van der Waals surface area contributed by atoms with Crippen LogP contribution in [0.4, 0.5) is 11.5 Å². The first-order valence-electron chi connectivity index (χ1n) is 6.10. The number of aryl methyl sites for hydroxylation is 1. The van der Waals surface area contributed by atoms with E-state index < -0.39 is 5.97 Å². The SMILES string of the molecule is CCn1cnnc1CNc1ncc(N)cc1C(=O)OC. The lowest BCUT2D eigenvalue weighted by molar-refractivity contribution is 0.0601. The molecule has 0 bridgehead atoms. The molecule has 106 valence electrons. The van der Waals surface area contributed by atoms with Crippen molar-refractivity contribution in [1.82, 2.24) is 19.7 Å². The maximum Gasteiger partial charge on any atom is 0.341 e. The second kappa shape index (κ2) is 6.00. The van der Waals surface area contributed by atoms with Gasteiger partial charge in [-0.15, -0.1) is 10.2 Å². The second-order valence-electron chi connectivity index (χ2n) is 4.04. The molecule has 2 aromatic heterocycles. The average Bonchev–Trinajstić information content (AvgIpc) is 2.92. The molecule has 0 amide bonds. The van der Waals surface area contributed by atoms with Crippen molar-refractivity contribution in [3.63, 3.8) is 0 Å². The van der Waals surface area contributed by atoms with Crippen molar-refractivity contribution >= 4 is 17.5 Å². The molecule has 8 heteroatoms. The van der Waals surface area contributed by atoms with Crippen LogP contribution >= 0.6 is 0 Å². The summed E-state index contributed by atoms with van der Waals surface area (Å²) in [6.07, 6.45) is 3.12. The van der Waals surface area contributed by atoms with E-state index in [0.717, 1.165) is 12.4 Å². The topological polar surface area (TPSA) is 108 Å². The molecule has 0 aliphatic heterocycles. The molecule has 0 radical (unpaired) electrons. The molecule has 20 heavy (non-hydrogen) atoms. The summed E-state index contributed by atoms with van der Waals surface area (Å²) in [4.78, 5) is 15.8. The van der Waals surface area contributed by atoms with Gasteiger partial charge in [-0.3, -0.25) is 0 Å². The number of esters is 1. The highest BCUT2D eigenvalue weighted by atomic mass is 16.5. The first-order valence-corrected chi connectivity index (χ1v) is 6.10. The van der Waals surface area contributed by atoms with Gasteiger partial charge in [0.25, 0.3) is 0 Å². The quantitative estimate of drug-likeness (QED) is 0.773. The van der Waals surface area contributed by atoms with Crippen molar-refractivity contribution < 1.29 is 9.53 Å². The van der Waals surface area contributed by atoms with Gasteiger partial charge in [-0.25, -0.2) is 9.78 Å². The van der Waals surface area contributed by atoms with Gasteiger partial charge in [0.05, 0.1) is 25.5 Å². The van der Waals surface area contributed by atoms with Crippen LogP contribution in [0.5, 0.6) is 0 Å². The molecule has 0 unspecified atom stereocenters. The molecule has 0 saturated carbocycles. The lowest BCUT2D eigenvalue weighted by atomic mass is 10.2. The van der Waals surface area contributed by atoms with Crippen LogP contribution in [-0.2, 0) is 17.8 Å². The number of methoxy groups -OCH3 is 1. The summed E-state index contributed by atoms with van der Waals surface area (Å²) in [5.74, 6) is 0.655. The predicted octanol–water partition coefficient (Wildman–Crippen LogP) is 0.674. The first kappa shape index (κ1) is 13.8. The van der Waals surface area contributed by atoms with Crippen LogP contribution in [-0.4, -0.2) is 32.8 Å². The highest BCUT2D eigenvalue weighted by Crippen LogP contribution is 2.17. The summed E-state index contributed by atoms with van der Waals surface area (Å²) in [5, 5.41) is 10.9. The number of nitrogen functional groups attached to an aromatic ring is 1. The van der Waals surface area contributed by atoms with Crippen molar-refractivity contribution in [2.45, 2.75) is 20.0 Å². The van der Waals surface area contributed by atoms with Crippen molar-refractivity contribution in [3.8, 4) is 0 Å². The van der Waals surface area contributed by atoms with Gasteiger partial charge in [-0.1, -0.05) is 0 Å². The number of anilines is 2. The third kappa shape index (κ3) is 2.85. The number of nitrogens with two attached hydrogens (primary N) is 1. The van der Waals surface area contributed by atoms with E-state index >= 15 is 0 Å². The summed E-state index contributed by atoms with van der Waals surface area (Å²) in [5.41, 5.74) is 6.31. The van der Waals surface area contributed by atoms with Gasteiger partial charge in [-0.05, 0) is 13.0 Å². The normalized spacial score (nSPS) is 10.3. The minimum absolute atomic E-state index is 0.287. The lowest BCUT2D eigenvalue weighted by Crippen LogP contribution is -2.13. The Labute approximate surface area is 116 Å². The highest BCUT2D eigenvalue weighted by Gasteiger charge is 2.14. The first-order chi connectivity index (χ1) is 9.65. The molecule has 3 N–H and O–H groups in total. The lowest BCUT2D eigenvalue weighted by Gasteiger charge is -2.10. The maximum atomic E-state index is 11.7. The molecule has 0 saturated heterocycles. The minimum Gasteiger partial charge on any atom is -0.465 e. The number of rotatable bonds is 5. The van der Waals surface area contributed by atoms with Gasteiger partial charge in [0.1, 0.15) is 17.7 Å². The van der Waals surface area contributed by atoms with Crippen LogP contribution in [0.3, 0.4) is 0 Å². The van der Waals surface area contributed by atoms with Crippen molar-refractivity contribution in [3.05, 3.63) is 30.0 Å². The molecular formula is C12H16N6O2. The zero-order chi connectivity index (χ0) is 14.5. The molecular weight excluding hydrogens is 260 g/mol. The Kier molecular flexibility index (Phi) is 4.14. The molecule has 8 nitrogen and oxygen atoms in total. The molecule has 0 atom stereocenters. The van der Waals surface area contributed by atoms with E-state index in [1.54, 1.807) is 6.33 Å². The van der Waals surface area contributed by atoms with Gasteiger partial charge in [0, 0.05) is 6.54 Å². The van der Waals surface area contributed by atoms with Crippen LogP contribution in [0.25, 0.3) is 0 Å². The number of carbonyl (C=O) groups excluding carboxylic acids is 1. The Morgan fingerprint density at radius 1 is 1.55 bits per heavy atom. The largest absolute Gasteiger partial charge is 0.465 e. The third-order valence-electron chi connectivity index (χ3n) is 2.76. The molecule has 2 rings (SSSR count). The number of aromatic nitrogens is 4. The molecule has 2 aromatic rings. The Bertz CT molecular complexity index is 610. The molecule has 0 aliphatic carbocycles. The smallest absolute Gasteiger partial charge is 0.341 e. The van der Waals surface area contributed by atoms with Crippen molar-refractivity contribution in [2.75, 3.05) is 18.2 Å². The molecule has 0 aliphatic rings. The fraction of sp³-hybridized carbons (Fsp3) is 0.333. The van der Waals surface area contributed by atoms with Gasteiger partial charge in [-0.2, -0.15) is 0 Å². The molecule has 2 heterocycles. The average molecular weight is 276 g/mol. The molecule has 0 fully saturated rings. The van der Waals surface area contributed by atoms with E-state index in [-0.39, 0.29) is 5.56 Å². The summed E-state index contributed by atoms with van der Waals surface area (Å²) in [6.45, 7) is 3.16. The van der Waals surface area contributed by atoms with Crippen LogP contribution in [0.1, 0.15) is 23.1 Å². The van der Waals surface area contributed by atoms with Crippen molar-refractivity contribution in [1.29, 1.82) is 0 Å². The number of pyridine rings is 1. The zero-order valence-corrected chi connectivity index (χ0v) is 11.3. The van der Waals surface area contributed by atoms with Gasteiger partial charge in [0.15, 0.2) is 5.82 Å². The Morgan fingerprint density at radius 2 is 2.35 bits per heavy atom. The zero-order valence-electron chi connectivity index (χ0n) is 11.3. The number of ether oxygens (including phenoxy) is 1. The summed E-state index contributed by atoms with van der Waals surface area (Å²) < 4.78 is 6.60. The number of hydrogen-bond acceptors (Lipinski definition) is 7. The third-order valence-corrected chi connectivity index (χ3v) is 2.76. The van der Waals surface area contributed by atoms with Crippen molar-refractivity contribution in [2.24, 2.45) is 0 Å². The fourth-order valence-electron chi connectivity index (χ4n) is 1.73. The van der Waals surface area contributed by atoms with Crippen LogP contribution < -0.4 is 11.1 Å². The summed E-state index contributed by atoms with van der Waals surface area (Å²) >= 11 is 0. The summed E-state index contributed by atoms with van der Waals surface area (Å²) in [6, 6.07) is 1.52. The van der Waals surface area contributed by atoms with Gasteiger partial charge >= 0.3 is 5.97 Å². The number of nitrogens with one attached hydrogen (secondary N) is 1. The monoisotopic (exact) mass is 276 g/mol. The van der Waals surface area contributed by atoms with E-state index in [1.807, 2.05) is 11.5 Å². The maximum absolute atomic E-state index is 11.7. The second-order valence-corrected chi connectivity index (χ2v) is 4.04. The molecule has 0 aromatic carbocycles.